The standard InChI is InChI=1S/C23H30F3N3O3.C3H8/c24-23(25,26)18-9-17-13-29(8-7-20(17)28-12-18)21(30)16-5-6-19(10-16)27-11-14-1-3-15(4-2-14)22(31)32;1-3-2/h9,12,14-16,19,27H,1-8,10-11,13H2,(H,31,32);3H2,1-2H3. The van der Waals surface area contributed by atoms with Gasteiger partial charge in [0.05, 0.1) is 11.5 Å². The highest BCUT2D eigenvalue weighted by atomic mass is 19.4. The Labute approximate surface area is 205 Å². The van der Waals surface area contributed by atoms with Crippen molar-refractivity contribution in [3.63, 3.8) is 0 Å². The lowest BCUT2D eigenvalue weighted by atomic mass is 9.82. The van der Waals surface area contributed by atoms with Crippen LogP contribution in [0.4, 0.5) is 13.2 Å². The Morgan fingerprint density at radius 3 is 2.40 bits per heavy atom. The largest absolute Gasteiger partial charge is 0.481 e. The molecule has 0 bridgehead atoms. The average Bonchev–Trinajstić information content (AvgIpc) is 3.31. The molecule has 0 spiro atoms. The van der Waals surface area contributed by atoms with Gasteiger partial charge in [0.25, 0.3) is 0 Å². The molecule has 0 radical (unpaired) electrons. The van der Waals surface area contributed by atoms with Gasteiger partial charge in [0, 0.05) is 43.4 Å². The molecule has 2 unspecified atom stereocenters. The summed E-state index contributed by atoms with van der Waals surface area (Å²) >= 11 is 0. The van der Waals surface area contributed by atoms with Crippen molar-refractivity contribution in [3.8, 4) is 0 Å². The van der Waals surface area contributed by atoms with Gasteiger partial charge in [0.2, 0.25) is 5.91 Å². The van der Waals surface area contributed by atoms with Crippen molar-refractivity contribution in [2.24, 2.45) is 17.8 Å². The van der Waals surface area contributed by atoms with Crippen LogP contribution < -0.4 is 5.32 Å². The van der Waals surface area contributed by atoms with Crippen LogP contribution in [-0.4, -0.2) is 46.0 Å². The van der Waals surface area contributed by atoms with E-state index in [0.29, 0.717) is 30.1 Å². The Morgan fingerprint density at radius 1 is 1.11 bits per heavy atom. The van der Waals surface area contributed by atoms with E-state index >= 15 is 0 Å². The van der Waals surface area contributed by atoms with Gasteiger partial charge in [0.15, 0.2) is 0 Å². The van der Waals surface area contributed by atoms with Crippen LogP contribution >= 0.6 is 0 Å². The molecule has 196 valence electrons. The lowest BCUT2D eigenvalue weighted by Gasteiger charge is -2.31. The second kappa shape index (κ2) is 12.2. The van der Waals surface area contributed by atoms with Gasteiger partial charge in [-0.1, -0.05) is 20.3 Å². The van der Waals surface area contributed by atoms with Gasteiger partial charge >= 0.3 is 12.1 Å². The van der Waals surface area contributed by atoms with E-state index < -0.39 is 17.7 Å². The van der Waals surface area contributed by atoms with E-state index in [9.17, 15) is 22.8 Å². The molecule has 2 saturated carbocycles. The number of hydrogen-bond donors (Lipinski definition) is 2. The SMILES string of the molecule is CCC.O=C(O)C1CCC(CNC2CCC(C(=O)N3CCc4ncc(C(F)(F)F)cc4C3)C2)CC1. The van der Waals surface area contributed by atoms with Crippen LogP contribution in [0.3, 0.4) is 0 Å². The summed E-state index contributed by atoms with van der Waals surface area (Å²) in [6.07, 6.45) is 3.89. The molecule has 0 saturated heterocycles. The smallest absolute Gasteiger partial charge is 0.417 e. The van der Waals surface area contributed by atoms with Crippen LogP contribution in [0.1, 0.15) is 82.0 Å². The number of nitrogens with one attached hydrogen (secondary N) is 1. The van der Waals surface area contributed by atoms with E-state index in [1.54, 1.807) is 4.90 Å². The molecule has 4 rings (SSSR count). The molecule has 1 aliphatic heterocycles. The number of fused-ring (bicyclic) bond motifs is 1. The number of aliphatic carboxylic acids is 1. The van der Waals surface area contributed by atoms with Crippen LogP contribution in [-0.2, 0) is 28.7 Å². The summed E-state index contributed by atoms with van der Waals surface area (Å²) in [7, 11) is 0. The van der Waals surface area contributed by atoms with Gasteiger partial charge in [-0.15, -0.1) is 0 Å². The fourth-order valence-electron chi connectivity index (χ4n) is 5.37. The van der Waals surface area contributed by atoms with Crippen molar-refractivity contribution in [2.45, 2.75) is 90.4 Å². The summed E-state index contributed by atoms with van der Waals surface area (Å²) in [6, 6.07) is 1.39. The minimum Gasteiger partial charge on any atom is -0.481 e. The highest BCUT2D eigenvalue weighted by molar-refractivity contribution is 5.79. The Hall–Kier alpha value is -2.16. The normalized spacial score (nSPS) is 26.5. The van der Waals surface area contributed by atoms with Gasteiger partial charge in [-0.05, 0) is 69.0 Å². The Bertz CT molecular complexity index is 869. The zero-order chi connectivity index (χ0) is 25.6. The Balaban J connectivity index is 0.00000108. The highest BCUT2D eigenvalue weighted by Crippen LogP contribution is 2.33. The van der Waals surface area contributed by atoms with Crippen molar-refractivity contribution in [1.29, 1.82) is 0 Å². The third-order valence-electron chi connectivity index (χ3n) is 7.35. The average molecular weight is 498 g/mol. The maximum absolute atomic E-state index is 13.0. The zero-order valence-electron chi connectivity index (χ0n) is 20.7. The van der Waals surface area contributed by atoms with E-state index in [-0.39, 0.29) is 30.3 Å². The van der Waals surface area contributed by atoms with Gasteiger partial charge in [-0.2, -0.15) is 13.2 Å². The summed E-state index contributed by atoms with van der Waals surface area (Å²) in [6.45, 7) is 5.78. The molecule has 1 amide bonds. The number of carbonyl (C=O) groups is 2. The number of nitrogens with zero attached hydrogens (tertiary/aromatic N) is 2. The summed E-state index contributed by atoms with van der Waals surface area (Å²) < 4.78 is 39.0. The Kier molecular flexibility index (Phi) is 9.55. The minimum atomic E-state index is -4.44. The molecule has 2 N–H and O–H groups in total. The van der Waals surface area contributed by atoms with Crippen LogP contribution in [0.15, 0.2) is 12.3 Å². The monoisotopic (exact) mass is 497 g/mol. The second-order valence-corrected chi connectivity index (χ2v) is 10.2. The molecule has 2 aliphatic carbocycles. The number of rotatable bonds is 5. The van der Waals surface area contributed by atoms with Gasteiger partial charge in [-0.25, -0.2) is 0 Å². The number of aromatic nitrogens is 1. The summed E-state index contributed by atoms with van der Waals surface area (Å²) in [4.78, 5) is 29.8. The van der Waals surface area contributed by atoms with Gasteiger partial charge < -0.3 is 15.3 Å². The predicted octanol–water partition coefficient (Wildman–Crippen LogP) is 5.05. The number of carboxylic acids is 1. The van der Waals surface area contributed by atoms with E-state index in [0.717, 1.165) is 63.8 Å². The first-order chi connectivity index (χ1) is 16.6. The van der Waals surface area contributed by atoms with Crippen LogP contribution in [0.25, 0.3) is 0 Å². The first-order valence-electron chi connectivity index (χ1n) is 12.9. The molecule has 0 aromatic carbocycles. The molecule has 9 heteroatoms. The molecular weight excluding hydrogens is 459 g/mol. The number of amides is 1. The minimum absolute atomic E-state index is 0.0272. The molecule has 35 heavy (non-hydrogen) atoms. The lowest BCUT2D eigenvalue weighted by molar-refractivity contribution is -0.143. The number of carbonyl (C=O) groups excluding carboxylic acids is 1. The second-order valence-electron chi connectivity index (χ2n) is 10.2. The third-order valence-corrected chi connectivity index (χ3v) is 7.35. The van der Waals surface area contributed by atoms with E-state index in [2.05, 4.69) is 24.1 Å². The number of alkyl halides is 3. The molecular formula is C26H38F3N3O3. The number of hydrogen-bond acceptors (Lipinski definition) is 4. The molecule has 1 aromatic heterocycles. The van der Waals surface area contributed by atoms with E-state index in [1.807, 2.05) is 0 Å². The molecule has 2 heterocycles. The summed E-state index contributed by atoms with van der Waals surface area (Å²) in [5, 5.41) is 12.7. The molecule has 1 aromatic rings. The molecule has 2 atom stereocenters. The van der Waals surface area contributed by atoms with Crippen LogP contribution in [0.5, 0.6) is 0 Å². The topological polar surface area (TPSA) is 82.5 Å². The molecule has 2 fully saturated rings. The Morgan fingerprint density at radius 2 is 1.77 bits per heavy atom. The maximum atomic E-state index is 13.0. The van der Waals surface area contributed by atoms with Crippen molar-refractivity contribution in [2.75, 3.05) is 13.1 Å². The third kappa shape index (κ3) is 7.41. The first-order valence-corrected chi connectivity index (χ1v) is 12.9. The molecule has 6 nitrogen and oxygen atoms in total. The molecule has 3 aliphatic rings. The number of halogens is 3. The van der Waals surface area contributed by atoms with Crippen LogP contribution in [0, 0.1) is 17.8 Å². The van der Waals surface area contributed by atoms with E-state index in [1.165, 1.54) is 6.42 Å². The van der Waals surface area contributed by atoms with Crippen molar-refractivity contribution in [1.82, 2.24) is 15.2 Å². The zero-order valence-corrected chi connectivity index (χ0v) is 20.7. The summed E-state index contributed by atoms with van der Waals surface area (Å²) in [5.74, 6) is -0.500. The summed E-state index contributed by atoms with van der Waals surface area (Å²) in [5.41, 5.74) is 0.364. The van der Waals surface area contributed by atoms with Crippen molar-refractivity contribution >= 4 is 11.9 Å². The number of carboxylic acid groups (broad SMARTS) is 1. The van der Waals surface area contributed by atoms with Crippen molar-refractivity contribution < 1.29 is 27.9 Å². The van der Waals surface area contributed by atoms with Crippen LogP contribution in [0.2, 0.25) is 0 Å². The van der Waals surface area contributed by atoms with E-state index in [4.69, 9.17) is 5.11 Å². The first kappa shape index (κ1) is 27.4. The van der Waals surface area contributed by atoms with Gasteiger partial charge in [0.1, 0.15) is 0 Å². The quantitative estimate of drug-likeness (QED) is 0.595. The fraction of sp³-hybridized carbons (Fsp3) is 0.731. The fourth-order valence-corrected chi connectivity index (χ4v) is 5.37. The van der Waals surface area contributed by atoms with Crippen molar-refractivity contribution in [3.05, 3.63) is 29.1 Å². The van der Waals surface area contributed by atoms with Gasteiger partial charge in [-0.3, -0.25) is 14.6 Å². The predicted molar refractivity (Wildman–Crippen MR) is 127 cm³/mol. The lowest BCUT2D eigenvalue weighted by Crippen LogP contribution is -2.40. The number of pyridine rings is 1. The highest BCUT2D eigenvalue weighted by Gasteiger charge is 2.36. The maximum Gasteiger partial charge on any atom is 0.417 e.